The van der Waals surface area contributed by atoms with Gasteiger partial charge >= 0.3 is 6.18 Å². The molecule has 19 heavy (non-hydrogen) atoms. The third kappa shape index (κ3) is 3.90. The van der Waals surface area contributed by atoms with Crippen molar-refractivity contribution in [3.8, 4) is 0 Å². The Kier molecular flexibility index (Phi) is 4.81. The van der Waals surface area contributed by atoms with Crippen LogP contribution in [0.5, 0.6) is 0 Å². The summed E-state index contributed by atoms with van der Waals surface area (Å²) in [5.74, 6) is 0.204. The summed E-state index contributed by atoms with van der Waals surface area (Å²) < 4.78 is 37.2. The predicted molar refractivity (Wildman–Crippen MR) is 66.8 cm³/mol. The number of aliphatic hydroxyl groups is 1. The second-order valence-electron chi connectivity index (χ2n) is 4.84. The SMILES string of the molecule is OC[C@H]1CCCC[C@H]1NCc1nc(C(F)(F)F)cs1. The van der Waals surface area contributed by atoms with Gasteiger partial charge in [0.15, 0.2) is 5.69 Å². The zero-order valence-electron chi connectivity index (χ0n) is 10.4. The molecule has 1 aliphatic carbocycles. The van der Waals surface area contributed by atoms with E-state index in [4.69, 9.17) is 0 Å². The van der Waals surface area contributed by atoms with E-state index >= 15 is 0 Å². The molecule has 1 aromatic heterocycles. The fourth-order valence-electron chi connectivity index (χ4n) is 2.44. The molecule has 0 aromatic carbocycles. The van der Waals surface area contributed by atoms with E-state index in [0.717, 1.165) is 42.4 Å². The monoisotopic (exact) mass is 294 g/mol. The molecule has 7 heteroatoms. The minimum absolute atomic E-state index is 0.128. The minimum Gasteiger partial charge on any atom is -0.396 e. The molecule has 0 radical (unpaired) electrons. The first-order valence-corrected chi connectivity index (χ1v) is 7.24. The number of nitrogens with zero attached hydrogens (tertiary/aromatic N) is 1. The molecule has 2 rings (SSSR count). The number of rotatable bonds is 4. The van der Waals surface area contributed by atoms with E-state index in [-0.39, 0.29) is 18.6 Å². The maximum Gasteiger partial charge on any atom is 0.434 e. The zero-order valence-corrected chi connectivity index (χ0v) is 11.2. The van der Waals surface area contributed by atoms with Crippen LogP contribution in [0.2, 0.25) is 0 Å². The van der Waals surface area contributed by atoms with Crippen molar-refractivity contribution in [3.05, 3.63) is 16.1 Å². The van der Waals surface area contributed by atoms with Crippen LogP contribution in [-0.4, -0.2) is 22.7 Å². The largest absolute Gasteiger partial charge is 0.434 e. The first kappa shape index (κ1) is 14.7. The topological polar surface area (TPSA) is 45.1 Å². The number of aromatic nitrogens is 1. The molecule has 3 nitrogen and oxygen atoms in total. The number of alkyl halides is 3. The van der Waals surface area contributed by atoms with E-state index in [9.17, 15) is 18.3 Å². The quantitative estimate of drug-likeness (QED) is 0.897. The maximum absolute atomic E-state index is 12.4. The number of thiazole rings is 1. The lowest BCUT2D eigenvalue weighted by molar-refractivity contribution is -0.140. The summed E-state index contributed by atoms with van der Waals surface area (Å²) in [6, 6.07) is 0.178. The molecule has 0 spiro atoms. The van der Waals surface area contributed by atoms with Crippen molar-refractivity contribution >= 4 is 11.3 Å². The molecule has 108 valence electrons. The number of aliphatic hydroxyl groups excluding tert-OH is 1. The van der Waals surface area contributed by atoms with Crippen LogP contribution in [0.25, 0.3) is 0 Å². The molecule has 1 saturated carbocycles. The Bertz CT molecular complexity index is 408. The van der Waals surface area contributed by atoms with Gasteiger partial charge in [-0.3, -0.25) is 0 Å². The summed E-state index contributed by atoms with van der Waals surface area (Å²) in [6.45, 7) is 0.464. The Morgan fingerprint density at radius 3 is 2.74 bits per heavy atom. The van der Waals surface area contributed by atoms with Crippen LogP contribution in [0.15, 0.2) is 5.38 Å². The van der Waals surface area contributed by atoms with Gasteiger partial charge in [-0.15, -0.1) is 11.3 Å². The van der Waals surface area contributed by atoms with Crippen LogP contribution in [-0.2, 0) is 12.7 Å². The van der Waals surface area contributed by atoms with Crippen molar-refractivity contribution in [1.82, 2.24) is 10.3 Å². The van der Waals surface area contributed by atoms with E-state index in [1.807, 2.05) is 0 Å². The Morgan fingerprint density at radius 1 is 1.37 bits per heavy atom. The summed E-state index contributed by atoms with van der Waals surface area (Å²) in [5.41, 5.74) is -0.823. The molecule has 1 fully saturated rings. The van der Waals surface area contributed by atoms with Crippen LogP contribution < -0.4 is 5.32 Å². The van der Waals surface area contributed by atoms with Crippen LogP contribution in [0.3, 0.4) is 0 Å². The lowest BCUT2D eigenvalue weighted by atomic mass is 9.85. The third-order valence-corrected chi connectivity index (χ3v) is 4.35. The normalized spacial score (nSPS) is 24.6. The molecule has 0 bridgehead atoms. The summed E-state index contributed by atoms with van der Waals surface area (Å²) in [5, 5.41) is 14.0. The number of hydrogen-bond acceptors (Lipinski definition) is 4. The number of hydrogen-bond donors (Lipinski definition) is 2. The molecular weight excluding hydrogens is 277 g/mol. The summed E-state index contributed by atoms with van der Waals surface area (Å²) in [7, 11) is 0. The average molecular weight is 294 g/mol. The maximum atomic E-state index is 12.4. The highest BCUT2D eigenvalue weighted by molar-refractivity contribution is 7.09. The molecular formula is C12H17F3N2OS. The Morgan fingerprint density at radius 2 is 2.11 bits per heavy atom. The van der Waals surface area contributed by atoms with Gasteiger partial charge < -0.3 is 10.4 Å². The second kappa shape index (κ2) is 6.19. The van der Waals surface area contributed by atoms with E-state index in [2.05, 4.69) is 10.3 Å². The van der Waals surface area contributed by atoms with Crippen molar-refractivity contribution in [1.29, 1.82) is 0 Å². The fraction of sp³-hybridized carbons (Fsp3) is 0.750. The molecule has 1 heterocycles. The smallest absolute Gasteiger partial charge is 0.396 e. The number of nitrogens with one attached hydrogen (secondary N) is 1. The summed E-state index contributed by atoms with van der Waals surface area (Å²) in [6.07, 6.45) is -0.228. The highest BCUT2D eigenvalue weighted by atomic mass is 32.1. The molecule has 0 unspecified atom stereocenters. The van der Waals surface area contributed by atoms with Gasteiger partial charge in [0.1, 0.15) is 5.01 Å². The van der Waals surface area contributed by atoms with Crippen LogP contribution in [0.4, 0.5) is 13.2 Å². The van der Waals surface area contributed by atoms with Gasteiger partial charge in [0.05, 0.1) is 0 Å². The number of halogens is 3. The fourth-order valence-corrected chi connectivity index (χ4v) is 3.19. The van der Waals surface area contributed by atoms with Crippen molar-refractivity contribution < 1.29 is 18.3 Å². The van der Waals surface area contributed by atoms with E-state index in [0.29, 0.717) is 11.6 Å². The highest BCUT2D eigenvalue weighted by Crippen LogP contribution is 2.30. The predicted octanol–water partition coefficient (Wildman–Crippen LogP) is 2.80. The van der Waals surface area contributed by atoms with Crippen molar-refractivity contribution in [2.24, 2.45) is 5.92 Å². The summed E-state index contributed by atoms with van der Waals surface area (Å²) in [4.78, 5) is 3.59. The Balaban J connectivity index is 1.89. The van der Waals surface area contributed by atoms with E-state index in [1.54, 1.807) is 0 Å². The summed E-state index contributed by atoms with van der Waals surface area (Å²) >= 11 is 1.02. The molecule has 0 saturated heterocycles. The first-order chi connectivity index (χ1) is 9.00. The van der Waals surface area contributed by atoms with E-state index in [1.165, 1.54) is 0 Å². The van der Waals surface area contributed by atoms with Crippen molar-refractivity contribution in [3.63, 3.8) is 0 Å². The van der Waals surface area contributed by atoms with Gasteiger partial charge in [0, 0.05) is 24.6 Å². The van der Waals surface area contributed by atoms with Gasteiger partial charge in [-0.05, 0) is 18.8 Å². The third-order valence-electron chi connectivity index (χ3n) is 3.50. The van der Waals surface area contributed by atoms with Crippen molar-refractivity contribution in [2.45, 2.75) is 44.4 Å². The van der Waals surface area contributed by atoms with Gasteiger partial charge in [-0.1, -0.05) is 12.8 Å². The standard InChI is InChI=1S/C12H17F3N2OS/c13-12(14,15)10-7-19-11(17-10)5-16-9-4-2-1-3-8(9)6-18/h7-9,16,18H,1-6H2/t8-,9-/m1/s1. The first-order valence-electron chi connectivity index (χ1n) is 6.36. The molecule has 1 aliphatic rings. The van der Waals surface area contributed by atoms with Gasteiger partial charge in [-0.2, -0.15) is 13.2 Å². The molecule has 1 aromatic rings. The Labute approximate surface area is 113 Å². The van der Waals surface area contributed by atoms with Crippen molar-refractivity contribution in [2.75, 3.05) is 6.61 Å². The molecule has 2 atom stereocenters. The highest BCUT2D eigenvalue weighted by Gasteiger charge is 2.33. The van der Waals surface area contributed by atoms with E-state index < -0.39 is 11.9 Å². The Hall–Kier alpha value is -0.660. The van der Waals surface area contributed by atoms with Gasteiger partial charge in [0.2, 0.25) is 0 Å². The minimum atomic E-state index is -4.37. The van der Waals surface area contributed by atoms with Gasteiger partial charge in [-0.25, -0.2) is 4.98 Å². The molecule has 2 N–H and O–H groups in total. The average Bonchev–Trinajstić information content (AvgIpc) is 2.85. The zero-order chi connectivity index (χ0) is 13.9. The van der Waals surface area contributed by atoms with Crippen LogP contribution >= 0.6 is 11.3 Å². The lowest BCUT2D eigenvalue weighted by Gasteiger charge is -2.30. The van der Waals surface area contributed by atoms with Crippen LogP contribution in [0.1, 0.15) is 36.4 Å². The van der Waals surface area contributed by atoms with Gasteiger partial charge in [0.25, 0.3) is 0 Å². The van der Waals surface area contributed by atoms with Crippen LogP contribution in [0, 0.1) is 5.92 Å². The molecule has 0 amide bonds. The lowest BCUT2D eigenvalue weighted by Crippen LogP contribution is -2.39. The second-order valence-corrected chi connectivity index (χ2v) is 5.78. The molecule has 0 aliphatic heterocycles.